The molecule has 1 aliphatic heterocycles. The van der Waals surface area contributed by atoms with Crippen LogP contribution in [0.5, 0.6) is 5.06 Å². The van der Waals surface area contributed by atoms with Crippen LogP contribution in [0.1, 0.15) is 15.2 Å². The summed E-state index contributed by atoms with van der Waals surface area (Å²) in [4.78, 5) is 13.3. The van der Waals surface area contributed by atoms with E-state index in [2.05, 4.69) is 26.3 Å². The Morgan fingerprint density at radius 3 is 2.97 bits per heavy atom. The van der Waals surface area contributed by atoms with E-state index < -0.39 is 17.7 Å². The number of carbonyl (C=O) groups excluding carboxylic acids is 1. The molecule has 152 valence electrons. The largest absolute Gasteiger partial charge is 0.481 e. The average Bonchev–Trinajstić information content (AvgIpc) is 3.23. The summed E-state index contributed by atoms with van der Waals surface area (Å²) in [6.45, 7) is 1.23. The van der Waals surface area contributed by atoms with E-state index in [-0.39, 0.29) is 12.5 Å². The number of carbonyl (C=O) groups is 1. The first-order valence-electron chi connectivity index (χ1n) is 8.89. The average molecular weight is 483 g/mol. The van der Waals surface area contributed by atoms with Crippen molar-refractivity contribution in [2.75, 3.05) is 13.2 Å². The molecule has 0 spiro atoms. The van der Waals surface area contributed by atoms with Gasteiger partial charge < -0.3 is 15.8 Å². The molecule has 0 bridgehead atoms. The van der Waals surface area contributed by atoms with Crippen molar-refractivity contribution >= 4 is 33.2 Å². The van der Waals surface area contributed by atoms with Crippen LogP contribution >= 0.6 is 27.3 Å². The molecular formula is C19H17BrF2N4O2S. The molecule has 1 aliphatic rings. The SMILES string of the molecule is NCC(Cc1ccc(F)c(F)c1)NC(=O)c1cc2c(s1)OCCn1ncc(Br)c1-2. The minimum absolute atomic E-state index is 0.157. The maximum absolute atomic E-state index is 13.4. The van der Waals surface area contributed by atoms with Crippen molar-refractivity contribution in [1.29, 1.82) is 0 Å². The van der Waals surface area contributed by atoms with Gasteiger partial charge in [-0.15, -0.1) is 0 Å². The Balaban J connectivity index is 1.53. The smallest absolute Gasteiger partial charge is 0.261 e. The molecule has 1 aromatic carbocycles. The summed E-state index contributed by atoms with van der Waals surface area (Å²) >= 11 is 4.74. The molecule has 29 heavy (non-hydrogen) atoms. The number of amides is 1. The number of halogens is 3. The molecule has 3 heterocycles. The number of nitrogens with one attached hydrogen (secondary N) is 1. The maximum Gasteiger partial charge on any atom is 0.261 e. The summed E-state index contributed by atoms with van der Waals surface area (Å²) in [6.07, 6.45) is 2.01. The number of hydrogen-bond acceptors (Lipinski definition) is 5. The Labute approximate surface area is 177 Å². The fraction of sp³-hybridized carbons (Fsp3) is 0.263. The number of hydrogen-bond donors (Lipinski definition) is 2. The van der Waals surface area contributed by atoms with E-state index >= 15 is 0 Å². The van der Waals surface area contributed by atoms with E-state index in [0.29, 0.717) is 35.1 Å². The Morgan fingerprint density at radius 1 is 1.38 bits per heavy atom. The van der Waals surface area contributed by atoms with Gasteiger partial charge in [0.1, 0.15) is 6.61 Å². The first kappa shape index (κ1) is 20.0. The molecule has 0 aliphatic carbocycles. The number of nitrogens with zero attached hydrogens (tertiary/aromatic N) is 2. The number of aromatic nitrogens is 2. The number of thiophene rings is 1. The van der Waals surface area contributed by atoms with Gasteiger partial charge in [0, 0.05) is 12.6 Å². The predicted octanol–water partition coefficient (Wildman–Crippen LogP) is 3.34. The molecule has 0 saturated carbocycles. The summed E-state index contributed by atoms with van der Waals surface area (Å²) in [6, 6.07) is 5.00. The van der Waals surface area contributed by atoms with Gasteiger partial charge in [0.15, 0.2) is 16.7 Å². The molecule has 10 heteroatoms. The standard InChI is InChI=1S/C19H17BrF2N4O2S/c20-13-9-24-26-3-4-28-19-12(17(13)26)7-16(29-19)18(27)25-11(8-23)5-10-1-2-14(21)15(22)6-10/h1-2,6-7,9,11H,3-5,8,23H2,(H,25,27). The van der Waals surface area contributed by atoms with Crippen LogP contribution in [0, 0.1) is 11.6 Å². The maximum atomic E-state index is 13.4. The van der Waals surface area contributed by atoms with E-state index in [0.717, 1.165) is 27.9 Å². The zero-order valence-corrected chi connectivity index (χ0v) is 17.5. The molecule has 3 aromatic rings. The summed E-state index contributed by atoms with van der Waals surface area (Å²) in [5, 5.41) is 7.83. The highest BCUT2D eigenvalue weighted by Gasteiger charge is 2.25. The highest BCUT2D eigenvalue weighted by atomic mass is 79.9. The lowest BCUT2D eigenvalue weighted by molar-refractivity contribution is 0.0942. The number of fused-ring (bicyclic) bond motifs is 3. The molecule has 0 saturated heterocycles. The van der Waals surface area contributed by atoms with E-state index in [4.69, 9.17) is 10.5 Å². The van der Waals surface area contributed by atoms with E-state index in [9.17, 15) is 13.6 Å². The molecule has 0 fully saturated rings. The van der Waals surface area contributed by atoms with Crippen LogP contribution < -0.4 is 15.8 Å². The van der Waals surface area contributed by atoms with Crippen LogP contribution in [0.2, 0.25) is 0 Å². The van der Waals surface area contributed by atoms with Crippen molar-refractivity contribution in [1.82, 2.24) is 15.1 Å². The topological polar surface area (TPSA) is 82.2 Å². The Hall–Kier alpha value is -2.30. The van der Waals surface area contributed by atoms with Crippen LogP contribution in [-0.2, 0) is 13.0 Å². The summed E-state index contributed by atoms with van der Waals surface area (Å²) in [5.41, 5.74) is 8.00. The third kappa shape index (κ3) is 4.05. The lowest BCUT2D eigenvalue weighted by atomic mass is 10.1. The van der Waals surface area contributed by atoms with Gasteiger partial charge in [0.2, 0.25) is 0 Å². The molecule has 1 amide bonds. The monoisotopic (exact) mass is 482 g/mol. The molecule has 2 aromatic heterocycles. The summed E-state index contributed by atoms with van der Waals surface area (Å²) < 4.78 is 35.0. The van der Waals surface area contributed by atoms with Gasteiger partial charge in [-0.25, -0.2) is 8.78 Å². The van der Waals surface area contributed by atoms with Gasteiger partial charge in [0.25, 0.3) is 5.91 Å². The van der Waals surface area contributed by atoms with Crippen molar-refractivity contribution < 1.29 is 18.3 Å². The van der Waals surface area contributed by atoms with Crippen LogP contribution in [0.3, 0.4) is 0 Å². The van der Waals surface area contributed by atoms with Crippen LogP contribution in [0.25, 0.3) is 11.3 Å². The highest BCUT2D eigenvalue weighted by Crippen LogP contribution is 2.42. The van der Waals surface area contributed by atoms with Crippen LogP contribution in [0.4, 0.5) is 8.78 Å². The zero-order valence-electron chi connectivity index (χ0n) is 15.1. The lowest BCUT2D eigenvalue weighted by Gasteiger charge is -2.16. The first-order valence-corrected chi connectivity index (χ1v) is 10.5. The number of benzene rings is 1. The number of ether oxygens (including phenoxy) is 1. The van der Waals surface area contributed by atoms with Crippen molar-refractivity contribution in [2.45, 2.75) is 19.0 Å². The molecule has 6 nitrogen and oxygen atoms in total. The van der Waals surface area contributed by atoms with Crippen molar-refractivity contribution in [3.63, 3.8) is 0 Å². The summed E-state index contributed by atoms with van der Waals surface area (Å²) in [5.74, 6) is -2.13. The second kappa shape index (κ2) is 8.21. The van der Waals surface area contributed by atoms with Gasteiger partial charge in [-0.2, -0.15) is 5.10 Å². The van der Waals surface area contributed by atoms with Crippen LogP contribution in [0.15, 0.2) is 34.9 Å². The Morgan fingerprint density at radius 2 is 2.21 bits per heavy atom. The summed E-state index contributed by atoms with van der Waals surface area (Å²) in [7, 11) is 0. The second-order valence-electron chi connectivity index (χ2n) is 6.58. The van der Waals surface area contributed by atoms with Gasteiger partial charge >= 0.3 is 0 Å². The van der Waals surface area contributed by atoms with Crippen molar-refractivity contribution in [3.05, 3.63) is 57.0 Å². The quantitative estimate of drug-likeness (QED) is 0.584. The van der Waals surface area contributed by atoms with Gasteiger partial charge in [-0.3, -0.25) is 9.48 Å². The van der Waals surface area contributed by atoms with Gasteiger partial charge in [-0.1, -0.05) is 17.4 Å². The predicted molar refractivity (Wildman–Crippen MR) is 109 cm³/mol. The van der Waals surface area contributed by atoms with Gasteiger partial charge in [0.05, 0.1) is 33.3 Å². The van der Waals surface area contributed by atoms with Gasteiger partial charge in [-0.05, 0) is 46.1 Å². The highest BCUT2D eigenvalue weighted by molar-refractivity contribution is 9.10. The molecule has 0 radical (unpaired) electrons. The van der Waals surface area contributed by atoms with E-state index in [1.807, 2.05) is 4.68 Å². The third-order valence-corrected chi connectivity index (χ3v) is 6.22. The van der Waals surface area contributed by atoms with Crippen molar-refractivity contribution in [3.8, 4) is 16.3 Å². The number of nitrogens with two attached hydrogens (primary N) is 1. The van der Waals surface area contributed by atoms with Crippen molar-refractivity contribution in [2.24, 2.45) is 5.73 Å². The Kier molecular flexibility index (Phi) is 5.66. The van der Waals surface area contributed by atoms with E-state index in [1.54, 1.807) is 12.3 Å². The second-order valence-corrected chi connectivity index (χ2v) is 8.45. The van der Waals surface area contributed by atoms with Crippen LogP contribution in [-0.4, -0.2) is 34.9 Å². The first-order chi connectivity index (χ1) is 14.0. The molecule has 1 atom stereocenters. The molecule has 1 unspecified atom stereocenters. The minimum Gasteiger partial charge on any atom is -0.481 e. The third-order valence-electron chi connectivity index (χ3n) is 4.59. The molecule has 4 rings (SSSR count). The molecular weight excluding hydrogens is 466 g/mol. The normalized spacial score (nSPS) is 13.8. The van der Waals surface area contributed by atoms with E-state index in [1.165, 1.54) is 17.4 Å². The number of rotatable bonds is 5. The fourth-order valence-electron chi connectivity index (χ4n) is 3.18. The fourth-order valence-corrected chi connectivity index (χ4v) is 4.63. The minimum atomic E-state index is -0.925. The Bertz CT molecular complexity index is 1070. The lowest BCUT2D eigenvalue weighted by Crippen LogP contribution is -2.41. The molecule has 3 N–H and O–H groups in total. The zero-order chi connectivity index (χ0) is 20.5.